The first-order valence-corrected chi connectivity index (χ1v) is 11.7. The summed E-state index contributed by atoms with van der Waals surface area (Å²) in [4.78, 5) is 32.0. The smallest absolute Gasteiger partial charge is 0.253 e. The van der Waals surface area contributed by atoms with Crippen LogP contribution < -0.4 is 10.5 Å². The Hall–Kier alpha value is -3.69. The second-order valence-corrected chi connectivity index (χ2v) is 9.50. The number of hydrogen-bond acceptors (Lipinski definition) is 6. The zero-order valence-corrected chi connectivity index (χ0v) is 20.0. The molecule has 3 N–H and O–H groups in total. The molecule has 0 atom stereocenters. The molecule has 2 aromatic heterocycles. The molecule has 8 nitrogen and oxygen atoms in total. The third-order valence-corrected chi connectivity index (χ3v) is 7.07. The fraction of sp³-hybridized carbons (Fsp3) is 0.167. The van der Waals surface area contributed by atoms with E-state index in [1.165, 1.54) is 4.90 Å². The first kappa shape index (κ1) is 22.1. The van der Waals surface area contributed by atoms with Crippen LogP contribution in [0.4, 0.5) is 0 Å². The van der Waals surface area contributed by atoms with Crippen molar-refractivity contribution in [2.45, 2.75) is 6.42 Å². The fourth-order valence-electron chi connectivity index (χ4n) is 3.79. The van der Waals surface area contributed by atoms with Crippen LogP contribution in [0.3, 0.4) is 0 Å². The number of primary amides is 1. The van der Waals surface area contributed by atoms with Crippen LogP contribution in [-0.2, 0) is 6.42 Å². The number of benzene rings is 2. The Labute approximate surface area is 204 Å². The molecule has 1 aliphatic rings. The van der Waals surface area contributed by atoms with Gasteiger partial charge in [0.25, 0.3) is 5.91 Å². The lowest BCUT2D eigenvalue weighted by atomic mass is 10.1. The molecule has 0 radical (unpaired) electrons. The predicted octanol–water partition coefficient (Wildman–Crippen LogP) is 4.26. The molecule has 0 spiro atoms. The quantitative estimate of drug-likeness (QED) is 0.441. The molecule has 2 amide bonds. The molecular formula is C24H20ClN5O3S. The van der Waals surface area contributed by atoms with Crippen LogP contribution >= 0.6 is 22.9 Å². The summed E-state index contributed by atoms with van der Waals surface area (Å²) in [6.07, 6.45) is 0.716. The Bertz CT molecular complexity index is 1440. The second-order valence-electron chi connectivity index (χ2n) is 8.04. The molecule has 0 unspecified atom stereocenters. The zero-order valence-electron chi connectivity index (χ0n) is 18.4. The number of carbonyl (C=O) groups excluding carboxylic acids is 2. The number of H-pyrrole nitrogens is 1. The highest BCUT2D eigenvalue weighted by atomic mass is 35.5. The summed E-state index contributed by atoms with van der Waals surface area (Å²) >= 11 is 7.96. The molecule has 10 heteroatoms. The van der Waals surface area contributed by atoms with Gasteiger partial charge in [0.15, 0.2) is 11.6 Å². The van der Waals surface area contributed by atoms with Gasteiger partial charge in [-0.1, -0.05) is 11.6 Å². The maximum atomic E-state index is 12.4. The zero-order chi connectivity index (χ0) is 24.0. The minimum absolute atomic E-state index is 0.129. The summed E-state index contributed by atoms with van der Waals surface area (Å²) in [5.74, 6) is 1.02. The van der Waals surface area contributed by atoms with Gasteiger partial charge in [-0.25, -0.2) is 4.98 Å². The number of fused-ring (bicyclic) bond motifs is 3. The largest absolute Gasteiger partial charge is 0.493 e. The molecule has 5 rings (SSSR count). The number of thiophene rings is 1. The highest BCUT2D eigenvalue weighted by Crippen LogP contribution is 2.43. The number of aromatic amines is 1. The molecule has 0 saturated heterocycles. The topological polar surface area (TPSA) is 114 Å². The normalized spacial score (nSPS) is 12.3. The minimum atomic E-state index is -0.494. The number of carbonyl (C=O) groups is 2. The third kappa shape index (κ3) is 3.93. The van der Waals surface area contributed by atoms with Gasteiger partial charge in [-0.3, -0.25) is 14.7 Å². The van der Waals surface area contributed by atoms with Gasteiger partial charge < -0.3 is 15.4 Å². The lowest BCUT2D eigenvalue weighted by molar-refractivity contribution is 0.0827. The number of rotatable bonds is 4. The van der Waals surface area contributed by atoms with Gasteiger partial charge in [-0.05, 0) is 48.0 Å². The van der Waals surface area contributed by atoms with Crippen LogP contribution in [-0.4, -0.2) is 52.6 Å². The molecular weight excluding hydrogens is 474 g/mol. The number of nitrogens with zero attached hydrogens (tertiary/aromatic N) is 3. The number of aromatic nitrogens is 3. The SMILES string of the molecule is CN(C)C(=O)c1ccc(Cl)c(-c2n[nH]c(-c3cc4c(s3)-c3ccc(C(N)=O)cc3OCC4)n2)c1. The monoisotopic (exact) mass is 493 g/mol. The van der Waals surface area contributed by atoms with E-state index in [2.05, 4.69) is 21.2 Å². The van der Waals surface area contributed by atoms with Gasteiger partial charge >= 0.3 is 0 Å². The summed E-state index contributed by atoms with van der Waals surface area (Å²) in [6, 6.07) is 12.4. The lowest BCUT2D eigenvalue weighted by Gasteiger charge is -2.11. The molecule has 4 aromatic rings. The molecule has 0 saturated carbocycles. The van der Waals surface area contributed by atoms with E-state index in [1.807, 2.05) is 6.07 Å². The van der Waals surface area contributed by atoms with E-state index >= 15 is 0 Å². The number of halogens is 1. The van der Waals surface area contributed by atoms with Crippen LogP contribution in [0.2, 0.25) is 5.02 Å². The average molecular weight is 494 g/mol. The molecule has 3 heterocycles. The number of hydrogen-bond donors (Lipinski definition) is 2. The highest BCUT2D eigenvalue weighted by molar-refractivity contribution is 7.19. The average Bonchev–Trinajstić information content (AvgIpc) is 3.43. The maximum absolute atomic E-state index is 12.4. The number of amides is 2. The standard InChI is InChI=1S/C24H20ClN5O3S/c1-30(2)24(32)14-4-6-17(25)16(9-14)22-27-23(29-28-22)19-11-12-7-8-33-18-10-13(21(26)31)3-5-15(18)20(12)34-19/h3-6,9-11H,7-8H2,1-2H3,(H2,26,31)(H,27,28,29). The summed E-state index contributed by atoms with van der Waals surface area (Å²) in [6.45, 7) is 0.488. The number of nitrogens with two attached hydrogens (primary N) is 1. The molecule has 172 valence electrons. The van der Waals surface area contributed by atoms with E-state index in [0.29, 0.717) is 52.1 Å². The molecule has 1 aliphatic heterocycles. The Morgan fingerprint density at radius 3 is 2.68 bits per heavy atom. The van der Waals surface area contributed by atoms with Crippen molar-refractivity contribution in [2.75, 3.05) is 20.7 Å². The third-order valence-electron chi connectivity index (χ3n) is 5.53. The predicted molar refractivity (Wildman–Crippen MR) is 131 cm³/mol. The number of ether oxygens (including phenoxy) is 1. The molecule has 0 bridgehead atoms. The van der Waals surface area contributed by atoms with E-state index in [0.717, 1.165) is 20.9 Å². The first-order valence-electron chi connectivity index (χ1n) is 10.5. The highest BCUT2D eigenvalue weighted by Gasteiger charge is 2.22. The van der Waals surface area contributed by atoms with Crippen LogP contribution in [0.25, 0.3) is 32.5 Å². The Morgan fingerprint density at radius 2 is 1.91 bits per heavy atom. The van der Waals surface area contributed by atoms with Gasteiger partial charge in [0.1, 0.15) is 5.75 Å². The Balaban J connectivity index is 1.52. The fourth-order valence-corrected chi connectivity index (χ4v) is 5.17. The van der Waals surface area contributed by atoms with E-state index in [1.54, 1.807) is 55.8 Å². The van der Waals surface area contributed by atoms with E-state index in [9.17, 15) is 9.59 Å². The van der Waals surface area contributed by atoms with E-state index in [4.69, 9.17) is 22.1 Å². The molecule has 34 heavy (non-hydrogen) atoms. The van der Waals surface area contributed by atoms with Crippen molar-refractivity contribution in [1.82, 2.24) is 20.1 Å². The van der Waals surface area contributed by atoms with Crippen molar-refractivity contribution in [1.29, 1.82) is 0 Å². The summed E-state index contributed by atoms with van der Waals surface area (Å²) in [5.41, 5.74) is 8.94. The molecule has 0 aliphatic carbocycles. The van der Waals surface area contributed by atoms with Crippen molar-refractivity contribution in [3.63, 3.8) is 0 Å². The van der Waals surface area contributed by atoms with Crippen molar-refractivity contribution >= 4 is 34.8 Å². The van der Waals surface area contributed by atoms with Crippen molar-refractivity contribution in [3.05, 3.63) is 64.2 Å². The van der Waals surface area contributed by atoms with E-state index in [-0.39, 0.29) is 5.91 Å². The summed E-state index contributed by atoms with van der Waals surface area (Å²) in [5, 5.41) is 7.81. The second kappa shape index (κ2) is 8.58. The van der Waals surface area contributed by atoms with Crippen LogP contribution in [0.15, 0.2) is 42.5 Å². The van der Waals surface area contributed by atoms with Gasteiger partial charge in [0.2, 0.25) is 5.91 Å². The molecule has 2 aromatic carbocycles. The van der Waals surface area contributed by atoms with Crippen molar-refractivity contribution in [2.24, 2.45) is 5.73 Å². The van der Waals surface area contributed by atoms with Gasteiger partial charge in [0.05, 0.1) is 16.5 Å². The summed E-state index contributed by atoms with van der Waals surface area (Å²) in [7, 11) is 3.39. The Morgan fingerprint density at radius 1 is 1.12 bits per heavy atom. The van der Waals surface area contributed by atoms with Gasteiger partial charge in [-0.15, -0.1) is 11.3 Å². The lowest BCUT2D eigenvalue weighted by Crippen LogP contribution is -2.21. The number of nitrogens with one attached hydrogen (secondary N) is 1. The van der Waals surface area contributed by atoms with Crippen LogP contribution in [0.1, 0.15) is 26.3 Å². The summed E-state index contributed by atoms with van der Waals surface area (Å²) < 4.78 is 5.87. The van der Waals surface area contributed by atoms with Crippen LogP contribution in [0.5, 0.6) is 5.75 Å². The van der Waals surface area contributed by atoms with Gasteiger partial charge in [0, 0.05) is 47.6 Å². The Kier molecular flexibility index (Phi) is 5.59. The first-order chi connectivity index (χ1) is 16.3. The van der Waals surface area contributed by atoms with E-state index < -0.39 is 5.91 Å². The maximum Gasteiger partial charge on any atom is 0.253 e. The van der Waals surface area contributed by atoms with Crippen LogP contribution in [0, 0.1) is 0 Å². The van der Waals surface area contributed by atoms with Crippen molar-refractivity contribution < 1.29 is 14.3 Å². The minimum Gasteiger partial charge on any atom is -0.493 e. The van der Waals surface area contributed by atoms with Gasteiger partial charge in [-0.2, -0.15) is 5.10 Å². The van der Waals surface area contributed by atoms with Crippen molar-refractivity contribution in [3.8, 4) is 38.3 Å². The molecule has 0 fully saturated rings.